The van der Waals surface area contributed by atoms with Gasteiger partial charge in [0.05, 0.1) is 22.5 Å². The molecule has 0 N–H and O–H groups in total. The van der Waals surface area contributed by atoms with E-state index in [1.165, 1.54) is 30.6 Å². The Kier molecular flexibility index (Phi) is 4.84. The summed E-state index contributed by atoms with van der Waals surface area (Å²) in [6.07, 6.45) is 0. The number of ketones is 1. The molecule has 0 saturated carbocycles. The second-order valence-corrected chi connectivity index (χ2v) is 5.07. The molecule has 0 atom stereocenters. The lowest BCUT2D eigenvalue weighted by atomic mass is 10.2. The Morgan fingerprint density at radius 1 is 1.32 bits per heavy atom. The topological polar surface area (TPSA) is 95.7 Å². The van der Waals surface area contributed by atoms with Gasteiger partial charge in [-0.25, -0.2) is 4.79 Å². The molecule has 0 amide bonds. The molecule has 1 heterocycles. The molecule has 8 heteroatoms. The molecule has 2 rings (SSSR count). The van der Waals surface area contributed by atoms with E-state index < -0.39 is 16.6 Å². The minimum Gasteiger partial charge on any atom is -0.478 e. The number of nitro groups is 1. The Hall–Kier alpha value is -2.74. The van der Waals surface area contributed by atoms with E-state index in [0.717, 1.165) is 6.07 Å². The van der Waals surface area contributed by atoms with Gasteiger partial charge in [-0.15, -0.1) is 11.3 Å². The standard InChI is InChI=1S/C14H11NO6S/c1-20-14(17)9-4-5-12(10(7-9)15(18)19)21-8-11(16)13-3-2-6-22-13/h2-7H,8H2,1H3. The van der Waals surface area contributed by atoms with Crippen molar-refractivity contribution in [1.82, 2.24) is 0 Å². The molecule has 1 aromatic heterocycles. The molecule has 0 bridgehead atoms. The molecule has 7 nitrogen and oxygen atoms in total. The average molecular weight is 321 g/mol. The molecule has 0 aliphatic rings. The zero-order chi connectivity index (χ0) is 16.1. The van der Waals surface area contributed by atoms with E-state index in [9.17, 15) is 19.7 Å². The van der Waals surface area contributed by atoms with Gasteiger partial charge in [-0.3, -0.25) is 14.9 Å². The van der Waals surface area contributed by atoms with Gasteiger partial charge in [0.1, 0.15) is 0 Å². The molecule has 114 valence electrons. The van der Waals surface area contributed by atoms with Crippen LogP contribution in [0.5, 0.6) is 5.75 Å². The molecule has 1 aromatic carbocycles. The van der Waals surface area contributed by atoms with Crippen LogP contribution in [0, 0.1) is 10.1 Å². The second kappa shape index (κ2) is 6.81. The van der Waals surface area contributed by atoms with Crippen LogP contribution in [0.15, 0.2) is 35.7 Å². The predicted octanol–water partition coefficient (Wildman–Crippen LogP) is 2.70. The monoisotopic (exact) mass is 321 g/mol. The zero-order valence-electron chi connectivity index (χ0n) is 11.5. The molecule has 2 aromatic rings. The number of Topliss-reactive ketones (excluding diaryl/α,β-unsaturated/α-hetero) is 1. The molecule has 0 fully saturated rings. The molecular formula is C14H11NO6S. The fraction of sp³-hybridized carbons (Fsp3) is 0.143. The summed E-state index contributed by atoms with van der Waals surface area (Å²) < 4.78 is 9.72. The quantitative estimate of drug-likeness (QED) is 0.351. The van der Waals surface area contributed by atoms with Crippen molar-refractivity contribution in [2.75, 3.05) is 13.7 Å². The number of benzene rings is 1. The Bertz CT molecular complexity index is 710. The van der Waals surface area contributed by atoms with E-state index in [1.807, 2.05) is 0 Å². The first-order valence-corrected chi connectivity index (χ1v) is 6.97. The van der Waals surface area contributed by atoms with Crippen molar-refractivity contribution in [3.63, 3.8) is 0 Å². The largest absolute Gasteiger partial charge is 0.478 e. The molecule has 0 radical (unpaired) electrons. The summed E-state index contributed by atoms with van der Waals surface area (Å²) in [6, 6.07) is 7.03. The minimum absolute atomic E-state index is 0.0335. The van der Waals surface area contributed by atoms with Crippen molar-refractivity contribution >= 4 is 28.8 Å². The van der Waals surface area contributed by atoms with E-state index in [1.54, 1.807) is 17.5 Å². The molecule has 0 saturated heterocycles. The normalized spacial score (nSPS) is 10.0. The SMILES string of the molecule is COC(=O)c1ccc(OCC(=O)c2cccs2)c([N+](=O)[O-])c1. The maximum Gasteiger partial charge on any atom is 0.338 e. The van der Waals surface area contributed by atoms with Gasteiger partial charge in [-0.05, 0) is 23.6 Å². The predicted molar refractivity (Wildman–Crippen MR) is 78.6 cm³/mol. The van der Waals surface area contributed by atoms with E-state index in [2.05, 4.69) is 4.74 Å². The Labute approximate surface area is 129 Å². The molecule has 0 aliphatic carbocycles. The van der Waals surface area contributed by atoms with Crippen molar-refractivity contribution in [3.05, 3.63) is 56.3 Å². The van der Waals surface area contributed by atoms with Crippen LogP contribution < -0.4 is 4.74 Å². The maximum absolute atomic E-state index is 11.8. The highest BCUT2D eigenvalue weighted by atomic mass is 32.1. The fourth-order valence-corrected chi connectivity index (χ4v) is 2.33. The van der Waals surface area contributed by atoms with Crippen molar-refractivity contribution < 1.29 is 24.0 Å². The molecule has 0 spiro atoms. The number of rotatable bonds is 6. The summed E-state index contributed by atoms with van der Waals surface area (Å²) in [5, 5.41) is 12.8. The fourth-order valence-electron chi connectivity index (χ4n) is 1.68. The Morgan fingerprint density at radius 2 is 2.09 bits per heavy atom. The summed E-state index contributed by atoms with van der Waals surface area (Å²) in [6.45, 7) is -0.321. The van der Waals surface area contributed by atoms with Crippen LogP contribution in [-0.4, -0.2) is 30.4 Å². The average Bonchev–Trinajstić information content (AvgIpc) is 3.06. The number of carbonyl (C=O) groups excluding carboxylic acids is 2. The van der Waals surface area contributed by atoms with Gasteiger partial charge in [0.2, 0.25) is 5.78 Å². The third-order valence-corrected chi connectivity index (χ3v) is 3.64. The first kappa shape index (κ1) is 15.6. The van der Waals surface area contributed by atoms with Crippen LogP contribution in [0.25, 0.3) is 0 Å². The lowest BCUT2D eigenvalue weighted by molar-refractivity contribution is -0.385. The number of thiophene rings is 1. The summed E-state index contributed by atoms with van der Waals surface area (Å²) in [5.74, 6) is -1.05. The van der Waals surface area contributed by atoms with E-state index in [0.29, 0.717) is 4.88 Å². The maximum atomic E-state index is 11.8. The van der Waals surface area contributed by atoms with Crippen LogP contribution in [0.1, 0.15) is 20.0 Å². The highest BCUT2D eigenvalue weighted by Gasteiger charge is 2.20. The first-order chi connectivity index (χ1) is 10.5. The zero-order valence-corrected chi connectivity index (χ0v) is 12.3. The number of carbonyl (C=O) groups is 2. The number of hydrogen-bond donors (Lipinski definition) is 0. The lowest BCUT2D eigenvalue weighted by Crippen LogP contribution is -2.11. The van der Waals surface area contributed by atoms with Gasteiger partial charge in [0.15, 0.2) is 12.4 Å². The van der Waals surface area contributed by atoms with Gasteiger partial charge in [0, 0.05) is 6.07 Å². The van der Waals surface area contributed by atoms with Gasteiger partial charge in [-0.2, -0.15) is 0 Å². The smallest absolute Gasteiger partial charge is 0.338 e. The van der Waals surface area contributed by atoms with Crippen LogP contribution in [0.2, 0.25) is 0 Å². The van der Waals surface area contributed by atoms with Crippen molar-refractivity contribution in [1.29, 1.82) is 0 Å². The molecular weight excluding hydrogens is 310 g/mol. The van der Waals surface area contributed by atoms with E-state index >= 15 is 0 Å². The van der Waals surface area contributed by atoms with E-state index in [4.69, 9.17) is 4.74 Å². The number of nitro benzene ring substituents is 1. The van der Waals surface area contributed by atoms with Crippen LogP contribution in [-0.2, 0) is 4.74 Å². The number of esters is 1. The highest BCUT2D eigenvalue weighted by molar-refractivity contribution is 7.12. The number of nitrogens with zero attached hydrogens (tertiary/aromatic N) is 1. The minimum atomic E-state index is -0.690. The number of ether oxygens (including phenoxy) is 2. The summed E-state index contributed by atoms with van der Waals surface area (Å²) in [4.78, 5) is 34.1. The van der Waals surface area contributed by atoms with Crippen LogP contribution in [0.3, 0.4) is 0 Å². The van der Waals surface area contributed by atoms with Crippen molar-refractivity contribution in [3.8, 4) is 5.75 Å². The molecule has 22 heavy (non-hydrogen) atoms. The third-order valence-electron chi connectivity index (χ3n) is 2.73. The Balaban J connectivity index is 2.18. The number of methoxy groups -OCH3 is 1. The number of hydrogen-bond acceptors (Lipinski definition) is 7. The molecule has 0 aliphatic heterocycles. The third kappa shape index (κ3) is 3.47. The Morgan fingerprint density at radius 3 is 2.68 bits per heavy atom. The van der Waals surface area contributed by atoms with Crippen molar-refractivity contribution in [2.24, 2.45) is 0 Å². The summed E-state index contributed by atoms with van der Waals surface area (Å²) in [7, 11) is 1.18. The summed E-state index contributed by atoms with van der Waals surface area (Å²) in [5.41, 5.74) is -0.368. The van der Waals surface area contributed by atoms with Crippen LogP contribution in [0.4, 0.5) is 5.69 Å². The van der Waals surface area contributed by atoms with Gasteiger partial charge in [-0.1, -0.05) is 6.07 Å². The van der Waals surface area contributed by atoms with Crippen molar-refractivity contribution in [2.45, 2.75) is 0 Å². The lowest BCUT2D eigenvalue weighted by Gasteiger charge is -2.06. The first-order valence-electron chi connectivity index (χ1n) is 6.09. The highest BCUT2D eigenvalue weighted by Crippen LogP contribution is 2.28. The summed E-state index contributed by atoms with van der Waals surface area (Å²) >= 11 is 1.26. The van der Waals surface area contributed by atoms with E-state index in [-0.39, 0.29) is 23.7 Å². The van der Waals surface area contributed by atoms with Gasteiger partial charge >= 0.3 is 11.7 Å². The van der Waals surface area contributed by atoms with Crippen LogP contribution >= 0.6 is 11.3 Å². The van der Waals surface area contributed by atoms with Gasteiger partial charge < -0.3 is 9.47 Å². The second-order valence-electron chi connectivity index (χ2n) is 4.12. The molecule has 0 unspecified atom stereocenters. The van der Waals surface area contributed by atoms with Gasteiger partial charge in [0.25, 0.3) is 0 Å².